The second-order valence-corrected chi connectivity index (χ2v) is 11.3. The molecule has 0 radical (unpaired) electrons. The molecule has 1 nitrogen and oxygen atoms in total. The minimum atomic E-state index is -1.04. The average molecular weight is 199 g/mol. The lowest BCUT2D eigenvalue weighted by molar-refractivity contribution is 0.584. The Morgan fingerprint density at radius 1 is 1.23 bits per heavy atom. The van der Waals surface area contributed by atoms with Crippen molar-refractivity contribution in [2.24, 2.45) is 4.99 Å². The van der Waals surface area contributed by atoms with Gasteiger partial charge < -0.3 is 0 Å². The zero-order valence-corrected chi connectivity index (χ0v) is 11.3. The predicted molar refractivity (Wildman–Crippen MR) is 65.6 cm³/mol. The lowest BCUT2D eigenvalue weighted by Gasteiger charge is -2.25. The second kappa shape index (κ2) is 4.40. The first-order chi connectivity index (χ1) is 5.67. The molecule has 78 valence electrons. The summed E-state index contributed by atoms with van der Waals surface area (Å²) in [6.45, 7) is 16.0. The molecule has 2 heteroatoms. The molecule has 0 aliphatic carbocycles. The van der Waals surface area contributed by atoms with Crippen LogP contribution in [0.5, 0.6) is 0 Å². The van der Waals surface area contributed by atoms with Crippen molar-refractivity contribution in [1.82, 2.24) is 0 Å². The zero-order valence-electron chi connectivity index (χ0n) is 10.3. The molecular weight excluding hydrogens is 174 g/mol. The van der Waals surface area contributed by atoms with Crippen molar-refractivity contribution in [3.63, 3.8) is 0 Å². The monoisotopic (exact) mass is 199 g/mol. The molecule has 0 amide bonds. The van der Waals surface area contributed by atoms with Crippen molar-refractivity contribution in [2.45, 2.75) is 64.8 Å². The van der Waals surface area contributed by atoms with Gasteiger partial charge in [0.2, 0.25) is 0 Å². The van der Waals surface area contributed by atoms with Crippen LogP contribution in [0.4, 0.5) is 0 Å². The van der Waals surface area contributed by atoms with E-state index in [0.29, 0.717) is 0 Å². The maximum atomic E-state index is 4.60. The third kappa shape index (κ3) is 6.03. The number of nitrogens with zero attached hydrogens (tertiary/aromatic N) is 1. The smallest absolute Gasteiger partial charge is 0.0533 e. The summed E-state index contributed by atoms with van der Waals surface area (Å²) in [5.41, 5.74) is 0.819. The van der Waals surface area contributed by atoms with Gasteiger partial charge in [-0.2, -0.15) is 0 Å². The third-order valence-corrected chi connectivity index (χ3v) is 4.98. The van der Waals surface area contributed by atoms with Crippen LogP contribution >= 0.6 is 0 Å². The molecule has 1 atom stereocenters. The fraction of sp³-hybridized carbons (Fsp3) is 0.909. The SMILES string of the molecule is CCC(C=NC(C)(C)C)[Si](C)(C)C. The molecule has 0 aliphatic heterocycles. The van der Waals surface area contributed by atoms with Crippen molar-refractivity contribution in [2.75, 3.05) is 0 Å². The highest BCUT2D eigenvalue weighted by molar-refractivity contribution is 6.79. The normalized spacial score (nSPS) is 16.5. The van der Waals surface area contributed by atoms with E-state index in [-0.39, 0.29) is 5.54 Å². The Labute approximate surface area is 84.7 Å². The number of rotatable bonds is 3. The summed E-state index contributed by atoms with van der Waals surface area (Å²) in [6.07, 6.45) is 3.43. The van der Waals surface area contributed by atoms with E-state index in [1.165, 1.54) is 6.42 Å². The van der Waals surface area contributed by atoms with E-state index in [0.717, 1.165) is 5.54 Å². The van der Waals surface area contributed by atoms with Crippen LogP contribution in [0.3, 0.4) is 0 Å². The Kier molecular flexibility index (Phi) is 4.37. The third-order valence-electron chi connectivity index (χ3n) is 2.19. The minimum absolute atomic E-state index is 0.0903. The van der Waals surface area contributed by atoms with Gasteiger partial charge in [-0.05, 0) is 32.5 Å². The van der Waals surface area contributed by atoms with Gasteiger partial charge in [0, 0.05) is 0 Å². The zero-order chi connectivity index (χ0) is 10.7. The summed E-state index contributed by atoms with van der Waals surface area (Å²) in [6, 6.07) is 0. The van der Waals surface area contributed by atoms with Gasteiger partial charge in [-0.15, -0.1) is 0 Å². The Morgan fingerprint density at radius 2 is 1.69 bits per heavy atom. The highest BCUT2D eigenvalue weighted by Gasteiger charge is 2.23. The van der Waals surface area contributed by atoms with Gasteiger partial charge in [-0.3, -0.25) is 4.99 Å². The standard InChI is InChI=1S/C11H25NSi/c1-8-10(13(5,6)7)9-12-11(2,3)4/h9-10H,8H2,1-7H3. The van der Waals surface area contributed by atoms with Crippen LogP contribution in [-0.2, 0) is 0 Å². The highest BCUT2D eigenvalue weighted by atomic mass is 28.3. The molecule has 0 fully saturated rings. The Bertz CT molecular complexity index is 172. The number of hydrogen-bond donors (Lipinski definition) is 0. The topological polar surface area (TPSA) is 12.4 Å². The molecule has 1 unspecified atom stereocenters. The fourth-order valence-electron chi connectivity index (χ4n) is 1.25. The van der Waals surface area contributed by atoms with E-state index in [1.807, 2.05) is 0 Å². The lowest BCUT2D eigenvalue weighted by Crippen LogP contribution is -2.29. The van der Waals surface area contributed by atoms with Crippen molar-refractivity contribution >= 4 is 14.3 Å². The van der Waals surface area contributed by atoms with Crippen LogP contribution in [0, 0.1) is 0 Å². The molecule has 0 aromatic rings. The molecule has 0 heterocycles. The van der Waals surface area contributed by atoms with E-state index in [2.05, 4.69) is 58.5 Å². The van der Waals surface area contributed by atoms with Crippen molar-refractivity contribution in [1.29, 1.82) is 0 Å². The summed E-state index contributed by atoms with van der Waals surface area (Å²) in [5.74, 6) is 0. The Hall–Kier alpha value is -0.113. The van der Waals surface area contributed by atoms with E-state index < -0.39 is 8.07 Å². The molecule has 0 saturated heterocycles. The van der Waals surface area contributed by atoms with Gasteiger partial charge in [0.25, 0.3) is 0 Å². The van der Waals surface area contributed by atoms with Crippen molar-refractivity contribution in [3.05, 3.63) is 0 Å². The predicted octanol–water partition coefficient (Wildman–Crippen LogP) is 3.97. The van der Waals surface area contributed by atoms with Crippen molar-refractivity contribution in [3.8, 4) is 0 Å². The van der Waals surface area contributed by atoms with Crippen LogP contribution in [0.1, 0.15) is 34.1 Å². The van der Waals surface area contributed by atoms with Gasteiger partial charge in [0.15, 0.2) is 0 Å². The van der Waals surface area contributed by atoms with Crippen LogP contribution in [0.2, 0.25) is 25.2 Å². The van der Waals surface area contributed by atoms with Gasteiger partial charge in [0.05, 0.1) is 13.6 Å². The van der Waals surface area contributed by atoms with E-state index in [9.17, 15) is 0 Å². The lowest BCUT2D eigenvalue weighted by atomic mass is 10.1. The average Bonchev–Trinajstić information content (AvgIpc) is 1.82. The summed E-state index contributed by atoms with van der Waals surface area (Å²) < 4.78 is 0. The Morgan fingerprint density at radius 3 is 1.92 bits per heavy atom. The Balaban J connectivity index is 4.39. The first-order valence-electron chi connectivity index (χ1n) is 5.22. The maximum Gasteiger partial charge on any atom is 0.0533 e. The molecule has 0 spiro atoms. The molecule has 0 aromatic carbocycles. The van der Waals surface area contributed by atoms with E-state index in [4.69, 9.17) is 0 Å². The largest absolute Gasteiger partial charge is 0.292 e. The second-order valence-electron chi connectivity index (χ2n) is 5.83. The first-order valence-corrected chi connectivity index (χ1v) is 8.80. The molecule has 0 bridgehead atoms. The highest BCUT2D eigenvalue weighted by Crippen LogP contribution is 2.23. The van der Waals surface area contributed by atoms with Gasteiger partial charge in [-0.1, -0.05) is 33.0 Å². The van der Waals surface area contributed by atoms with Crippen molar-refractivity contribution < 1.29 is 0 Å². The van der Waals surface area contributed by atoms with Gasteiger partial charge in [-0.25, -0.2) is 0 Å². The summed E-state index contributed by atoms with van der Waals surface area (Å²) in [5, 5.41) is 0. The van der Waals surface area contributed by atoms with E-state index >= 15 is 0 Å². The summed E-state index contributed by atoms with van der Waals surface area (Å²) in [7, 11) is -1.04. The number of hydrogen-bond acceptors (Lipinski definition) is 1. The number of aliphatic imine (C=N–C) groups is 1. The molecule has 0 aromatic heterocycles. The molecule has 0 rings (SSSR count). The van der Waals surface area contributed by atoms with Gasteiger partial charge in [0.1, 0.15) is 0 Å². The first kappa shape index (κ1) is 12.9. The van der Waals surface area contributed by atoms with Crippen LogP contribution in [0.15, 0.2) is 4.99 Å². The van der Waals surface area contributed by atoms with Crippen LogP contribution in [-0.4, -0.2) is 19.8 Å². The molecule has 13 heavy (non-hydrogen) atoms. The van der Waals surface area contributed by atoms with Crippen LogP contribution in [0.25, 0.3) is 0 Å². The maximum absolute atomic E-state index is 4.60. The summed E-state index contributed by atoms with van der Waals surface area (Å²) >= 11 is 0. The minimum Gasteiger partial charge on any atom is -0.292 e. The molecule has 0 N–H and O–H groups in total. The molecular formula is C11H25NSi. The van der Waals surface area contributed by atoms with E-state index in [1.54, 1.807) is 0 Å². The fourth-order valence-corrected chi connectivity index (χ4v) is 3.00. The summed E-state index contributed by atoms with van der Waals surface area (Å²) in [4.78, 5) is 4.60. The van der Waals surface area contributed by atoms with Gasteiger partial charge >= 0.3 is 0 Å². The molecule has 0 saturated carbocycles. The quantitative estimate of drug-likeness (QED) is 0.482. The van der Waals surface area contributed by atoms with Crippen LogP contribution < -0.4 is 0 Å². The molecule has 0 aliphatic rings.